The number of halogens is 1. The second-order valence-electron chi connectivity index (χ2n) is 7.21. The molecule has 2 N–H and O–H groups in total. The molecule has 1 fully saturated rings. The van der Waals surface area contributed by atoms with E-state index >= 15 is 0 Å². The SMILES string of the molecule is CN=C(NCCc1ccc(OC)cc1)NCC1(c2ccccc2)CCOCC1.I. The van der Waals surface area contributed by atoms with E-state index in [1.165, 1.54) is 11.1 Å². The van der Waals surface area contributed by atoms with E-state index in [0.717, 1.165) is 57.3 Å². The summed E-state index contributed by atoms with van der Waals surface area (Å²) in [6, 6.07) is 19.0. The molecule has 2 aromatic rings. The lowest BCUT2D eigenvalue weighted by atomic mass is 9.74. The fraction of sp³-hybridized carbons (Fsp3) is 0.435. The summed E-state index contributed by atoms with van der Waals surface area (Å²) in [5.41, 5.74) is 2.74. The van der Waals surface area contributed by atoms with Crippen molar-refractivity contribution in [2.75, 3.05) is 40.5 Å². The summed E-state index contributed by atoms with van der Waals surface area (Å²) in [4.78, 5) is 4.40. The zero-order chi connectivity index (χ0) is 19.7. The monoisotopic (exact) mass is 509 g/mol. The van der Waals surface area contributed by atoms with Crippen LogP contribution >= 0.6 is 24.0 Å². The zero-order valence-corrected chi connectivity index (χ0v) is 19.6. The molecule has 1 aliphatic heterocycles. The van der Waals surface area contributed by atoms with Crippen LogP contribution in [-0.4, -0.2) is 46.4 Å². The molecular formula is C23H32IN3O2. The van der Waals surface area contributed by atoms with Crippen molar-refractivity contribution in [3.05, 3.63) is 65.7 Å². The van der Waals surface area contributed by atoms with Gasteiger partial charge in [-0.1, -0.05) is 42.5 Å². The van der Waals surface area contributed by atoms with Gasteiger partial charge in [0, 0.05) is 38.8 Å². The molecule has 29 heavy (non-hydrogen) atoms. The quantitative estimate of drug-likeness (QED) is 0.339. The van der Waals surface area contributed by atoms with Gasteiger partial charge in [0.2, 0.25) is 0 Å². The maximum atomic E-state index is 5.63. The van der Waals surface area contributed by atoms with Gasteiger partial charge in [0.05, 0.1) is 7.11 Å². The molecule has 1 saturated heterocycles. The molecule has 0 aliphatic carbocycles. The molecule has 0 saturated carbocycles. The number of rotatable bonds is 7. The molecule has 1 heterocycles. The van der Waals surface area contributed by atoms with E-state index in [1.807, 2.05) is 19.2 Å². The van der Waals surface area contributed by atoms with Crippen LogP contribution in [0.15, 0.2) is 59.6 Å². The van der Waals surface area contributed by atoms with Crippen molar-refractivity contribution in [2.45, 2.75) is 24.7 Å². The molecule has 2 aromatic carbocycles. The number of methoxy groups -OCH3 is 1. The molecule has 6 heteroatoms. The normalized spacial score (nSPS) is 15.9. The van der Waals surface area contributed by atoms with Gasteiger partial charge in [0.25, 0.3) is 0 Å². The maximum absolute atomic E-state index is 5.63. The summed E-state index contributed by atoms with van der Waals surface area (Å²) < 4.78 is 10.8. The van der Waals surface area contributed by atoms with Gasteiger partial charge in [-0.3, -0.25) is 4.99 Å². The highest BCUT2D eigenvalue weighted by molar-refractivity contribution is 14.0. The van der Waals surface area contributed by atoms with Crippen molar-refractivity contribution in [3.8, 4) is 5.75 Å². The third kappa shape index (κ3) is 6.60. The molecule has 0 spiro atoms. The van der Waals surface area contributed by atoms with Gasteiger partial charge >= 0.3 is 0 Å². The van der Waals surface area contributed by atoms with Crippen LogP contribution in [0.4, 0.5) is 0 Å². The number of guanidine groups is 1. The molecule has 0 atom stereocenters. The van der Waals surface area contributed by atoms with Crippen LogP contribution in [0.25, 0.3) is 0 Å². The number of hydrogen-bond donors (Lipinski definition) is 2. The molecule has 0 unspecified atom stereocenters. The lowest BCUT2D eigenvalue weighted by Crippen LogP contribution is -2.48. The molecule has 0 radical (unpaired) electrons. The Kier molecular flexibility index (Phi) is 9.73. The largest absolute Gasteiger partial charge is 0.497 e. The number of hydrogen-bond acceptors (Lipinski definition) is 3. The maximum Gasteiger partial charge on any atom is 0.191 e. The second kappa shape index (κ2) is 12.0. The van der Waals surface area contributed by atoms with Crippen LogP contribution < -0.4 is 15.4 Å². The zero-order valence-electron chi connectivity index (χ0n) is 17.3. The predicted octanol–water partition coefficient (Wildman–Crippen LogP) is 3.77. The van der Waals surface area contributed by atoms with Crippen LogP contribution in [0.5, 0.6) is 5.75 Å². The van der Waals surface area contributed by atoms with Crippen LogP contribution in [0.3, 0.4) is 0 Å². The number of ether oxygens (including phenoxy) is 2. The van der Waals surface area contributed by atoms with Gasteiger partial charge in [-0.05, 0) is 42.5 Å². The minimum atomic E-state index is 0. The molecule has 3 rings (SSSR count). The fourth-order valence-electron chi connectivity index (χ4n) is 3.71. The number of nitrogens with zero attached hydrogens (tertiary/aromatic N) is 1. The molecule has 0 bridgehead atoms. The van der Waals surface area contributed by atoms with Gasteiger partial charge in [0.1, 0.15) is 5.75 Å². The highest BCUT2D eigenvalue weighted by Gasteiger charge is 2.34. The van der Waals surface area contributed by atoms with E-state index < -0.39 is 0 Å². The first-order valence-corrected chi connectivity index (χ1v) is 9.96. The van der Waals surface area contributed by atoms with E-state index in [9.17, 15) is 0 Å². The summed E-state index contributed by atoms with van der Waals surface area (Å²) in [7, 11) is 3.51. The Labute approximate surface area is 191 Å². The molecule has 1 aliphatic rings. The first-order chi connectivity index (χ1) is 13.8. The van der Waals surface area contributed by atoms with Crippen LogP contribution in [0, 0.1) is 0 Å². The smallest absolute Gasteiger partial charge is 0.191 e. The third-order valence-electron chi connectivity index (χ3n) is 5.52. The van der Waals surface area contributed by atoms with Crippen molar-refractivity contribution in [1.29, 1.82) is 0 Å². The Balaban J connectivity index is 0.00000300. The first-order valence-electron chi connectivity index (χ1n) is 9.96. The van der Waals surface area contributed by atoms with E-state index in [1.54, 1.807) is 7.11 Å². The summed E-state index contributed by atoms with van der Waals surface area (Å²) in [6.45, 7) is 3.29. The Morgan fingerprint density at radius 1 is 1.03 bits per heavy atom. The average Bonchev–Trinajstić information content (AvgIpc) is 2.78. The molecule has 5 nitrogen and oxygen atoms in total. The van der Waals surface area contributed by atoms with Crippen LogP contribution in [0.2, 0.25) is 0 Å². The Morgan fingerprint density at radius 2 is 1.72 bits per heavy atom. The van der Waals surface area contributed by atoms with Crippen molar-refractivity contribution in [2.24, 2.45) is 4.99 Å². The van der Waals surface area contributed by atoms with Gasteiger partial charge in [-0.25, -0.2) is 0 Å². The Morgan fingerprint density at radius 3 is 2.34 bits per heavy atom. The van der Waals surface area contributed by atoms with Gasteiger partial charge < -0.3 is 20.1 Å². The Hall–Kier alpha value is -1.80. The van der Waals surface area contributed by atoms with Crippen molar-refractivity contribution in [3.63, 3.8) is 0 Å². The van der Waals surface area contributed by atoms with E-state index in [4.69, 9.17) is 9.47 Å². The summed E-state index contributed by atoms with van der Waals surface area (Å²) in [5, 5.41) is 6.98. The second-order valence-corrected chi connectivity index (χ2v) is 7.21. The number of benzene rings is 2. The first kappa shape index (κ1) is 23.5. The highest BCUT2D eigenvalue weighted by Crippen LogP contribution is 2.34. The van der Waals surface area contributed by atoms with Crippen LogP contribution in [0.1, 0.15) is 24.0 Å². The summed E-state index contributed by atoms with van der Waals surface area (Å²) in [5.74, 6) is 1.73. The highest BCUT2D eigenvalue weighted by atomic mass is 127. The fourth-order valence-corrected chi connectivity index (χ4v) is 3.71. The minimum absolute atomic E-state index is 0. The lowest BCUT2D eigenvalue weighted by Gasteiger charge is -2.38. The van der Waals surface area contributed by atoms with E-state index in [0.29, 0.717) is 0 Å². The van der Waals surface area contributed by atoms with Gasteiger partial charge in [0.15, 0.2) is 5.96 Å². The van der Waals surface area contributed by atoms with Gasteiger partial charge in [-0.15, -0.1) is 24.0 Å². The molecule has 158 valence electrons. The van der Waals surface area contributed by atoms with E-state index in [2.05, 4.69) is 58.1 Å². The van der Waals surface area contributed by atoms with Crippen molar-refractivity contribution >= 4 is 29.9 Å². The van der Waals surface area contributed by atoms with E-state index in [-0.39, 0.29) is 29.4 Å². The molecular weight excluding hydrogens is 477 g/mol. The third-order valence-corrected chi connectivity index (χ3v) is 5.52. The average molecular weight is 509 g/mol. The van der Waals surface area contributed by atoms with Crippen LogP contribution in [-0.2, 0) is 16.6 Å². The number of aliphatic imine (C=N–C) groups is 1. The summed E-state index contributed by atoms with van der Waals surface area (Å²) in [6.07, 6.45) is 2.97. The van der Waals surface area contributed by atoms with Crippen molar-refractivity contribution < 1.29 is 9.47 Å². The number of nitrogens with one attached hydrogen (secondary N) is 2. The Bertz CT molecular complexity index is 744. The molecule has 0 amide bonds. The predicted molar refractivity (Wildman–Crippen MR) is 130 cm³/mol. The minimum Gasteiger partial charge on any atom is -0.497 e. The van der Waals surface area contributed by atoms with Gasteiger partial charge in [-0.2, -0.15) is 0 Å². The van der Waals surface area contributed by atoms with Crippen molar-refractivity contribution in [1.82, 2.24) is 10.6 Å². The lowest BCUT2D eigenvalue weighted by molar-refractivity contribution is 0.0514. The molecule has 0 aromatic heterocycles. The topological polar surface area (TPSA) is 54.9 Å². The summed E-state index contributed by atoms with van der Waals surface area (Å²) >= 11 is 0. The standard InChI is InChI=1S/C23H31N3O2.HI/c1-24-22(25-15-12-19-8-10-21(27-2)11-9-19)26-18-23(13-16-28-17-14-23)20-6-4-3-5-7-20;/h3-11H,12-18H2,1-2H3,(H2,24,25,26);1H.